The first-order valence-corrected chi connectivity index (χ1v) is 11.7. The predicted octanol–water partition coefficient (Wildman–Crippen LogP) is 4.93. The van der Waals surface area contributed by atoms with E-state index in [0.717, 1.165) is 16.9 Å². The minimum atomic E-state index is -0.156. The highest BCUT2D eigenvalue weighted by Crippen LogP contribution is 2.30. The summed E-state index contributed by atoms with van der Waals surface area (Å²) in [5.41, 5.74) is 2.22. The average molecular weight is 488 g/mol. The van der Waals surface area contributed by atoms with E-state index in [9.17, 15) is 4.79 Å². The van der Waals surface area contributed by atoms with Crippen LogP contribution in [-0.4, -0.2) is 56.2 Å². The van der Waals surface area contributed by atoms with Crippen LogP contribution in [0, 0.1) is 0 Å². The number of nitrogens with zero attached hydrogens (tertiary/aromatic N) is 6. The molecule has 9 nitrogen and oxygen atoms in total. The molecule has 0 aliphatic carbocycles. The topological polar surface area (TPSA) is 91.8 Å². The number of nitrogens with one attached hydrogen (secondary N) is 1. The van der Waals surface area contributed by atoms with Gasteiger partial charge in [0.15, 0.2) is 11.4 Å². The number of carbonyl (C=O) groups is 1. The van der Waals surface area contributed by atoms with Crippen LogP contribution < -0.4 is 10.2 Å². The van der Waals surface area contributed by atoms with E-state index in [4.69, 9.17) is 21.0 Å². The lowest BCUT2D eigenvalue weighted by atomic mass is 10.2. The molecule has 1 aliphatic rings. The summed E-state index contributed by atoms with van der Waals surface area (Å²) in [5, 5.41) is 13.3. The summed E-state index contributed by atoms with van der Waals surface area (Å²) in [6.45, 7) is 3.76. The lowest BCUT2D eigenvalue weighted by Crippen LogP contribution is -2.55. The Hall–Kier alpha value is -4.11. The SMILES string of the molecule is CC1CN(c2nc3ccccc3c3nnc(-c4ccco4)n23)CCN1C(=O)Nc1cccc(Cl)c1. The zero-order valence-electron chi connectivity index (χ0n) is 18.9. The number of anilines is 2. The molecule has 0 bridgehead atoms. The van der Waals surface area contributed by atoms with Crippen LogP contribution in [0.25, 0.3) is 28.1 Å². The van der Waals surface area contributed by atoms with Gasteiger partial charge in [0.25, 0.3) is 0 Å². The number of carbonyl (C=O) groups excluding carboxylic acids is 1. The minimum Gasteiger partial charge on any atom is -0.461 e. The van der Waals surface area contributed by atoms with Gasteiger partial charge >= 0.3 is 6.03 Å². The van der Waals surface area contributed by atoms with E-state index in [1.165, 1.54) is 0 Å². The third kappa shape index (κ3) is 3.83. The van der Waals surface area contributed by atoms with Crippen LogP contribution in [-0.2, 0) is 0 Å². The molecule has 0 radical (unpaired) electrons. The van der Waals surface area contributed by atoms with Crippen molar-refractivity contribution in [3.63, 3.8) is 0 Å². The van der Waals surface area contributed by atoms with Crippen molar-refractivity contribution in [2.24, 2.45) is 0 Å². The van der Waals surface area contributed by atoms with Crippen LogP contribution in [0.5, 0.6) is 0 Å². The summed E-state index contributed by atoms with van der Waals surface area (Å²) >= 11 is 6.06. The van der Waals surface area contributed by atoms with Crippen LogP contribution >= 0.6 is 11.6 Å². The van der Waals surface area contributed by atoms with E-state index in [1.54, 1.807) is 18.4 Å². The summed E-state index contributed by atoms with van der Waals surface area (Å²) < 4.78 is 7.57. The van der Waals surface area contributed by atoms with Crippen LogP contribution in [0.2, 0.25) is 5.02 Å². The maximum absolute atomic E-state index is 13.0. The number of amides is 2. The summed E-state index contributed by atoms with van der Waals surface area (Å²) in [5.74, 6) is 1.92. The maximum atomic E-state index is 13.0. The number of hydrogen-bond acceptors (Lipinski definition) is 6. The second-order valence-corrected chi connectivity index (χ2v) is 8.95. The molecule has 1 aliphatic heterocycles. The Morgan fingerprint density at radius 3 is 2.77 bits per heavy atom. The van der Waals surface area contributed by atoms with Crippen LogP contribution in [0.15, 0.2) is 71.3 Å². The van der Waals surface area contributed by atoms with Gasteiger partial charge in [-0.1, -0.05) is 29.8 Å². The monoisotopic (exact) mass is 487 g/mol. The highest BCUT2D eigenvalue weighted by Gasteiger charge is 2.30. The van der Waals surface area contributed by atoms with Crippen molar-refractivity contribution < 1.29 is 9.21 Å². The first kappa shape index (κ1) is 21.4. The molecular formula is C25H22ClN7O2. The Labute approximate surface area is 205 Å². The molecule has 35 heavy (non-hydrogen) atoms. The zero-order valence-corrected chi connectivity index (χ0v) is 19.7. The molecule has 176 valence electrons. The highest BCUT2D eigenvalue weighted by atomic mass is 35.5. The van der Waals surface area contributed by atoms with Crippen molar-refractivity contribution in [3.05, 3.63) is 71.9 Å². The average Bonchev–Trinajstić information content (AvgIpc) is 3.54. The van der Waals surface area contributed by atoms with E-state index in [2.05, 4.69) is 20.4 Å². The number of benzene rings is 2. The van der Waals surface area contributed by atoms with Gasteiger partial charge in [0, 0.05) is 41.8 Å². The van der Waals surface area contributed by atoms with Crippen LogP contribution in [0.4, 0.5) is 16.4 Å². The smallest absolute Gasteiger partial charge is 0.322 e. The van der Waals surface area contributed by atoms with E-state index in [0.29, 0.717) is 47.6 Å². The Balaban J connectivity index is 1.33. The van der Waals surface area contributed by atoms with Crippen molar-refractivity contribution in [1.29, 1.82) is 0 Å². The van der Waals surface area contributed by atoms with E-state index < -0.39 is 0 Å². The Morgan fingerprint density at radius 1 is 1.09 bits per heavy atom. The first-order chi connectivity index (χ1) is 17.1. The zero-order chi connectivity index (χ0) is 23.9. The third-order valence-corrected chi connectivity index (χ3v) is 6.45. The molecule has 1 fully saturated rings. The summed E-state index contributed by atoms with van der Waals surface area (Å²) in [7, 11) is 0. The van der Waals surface area contributed by atoms with Gasteiger partial charge < -0.3 is 19.5 Å². The fraction of sp³-hybridized carbons (Fsp3) is 0.200. The number of urea groups is 1. The van der Waals surface area contributed by atoms with Gasteiger partial charge in [-0.3, -0.25) is 0 Å². The molecule has 6 rings (SSSR count). The number of rotatable bonds is 3. The summed E-state index contributed by atoms with van der Waals surface area (Å²) in [6.07, 6.45) is 1.62. The summed E-state index contributed by atoms with van der Waals surface area (Å²) in [6, 6.07) is 18.5. The fourth-order valence-electron chi connectivity index (χ4n) is 4.55. The predicted molar refractivity (Wildman–Crippen MR) is 135 cm³/mol. The van der Waals surface area contributed by atoms with Gasteiger partial charge in [0.05, 0.1) is 11.8 Å². The van der Waals surface area contributed by atoms with Crippen molar-refractivity contribution >= 4 is 45.8 Å². The number of furan rings is 1. The number of piperazine rings is 1. The second kappa shape index (κ2) is 8.59. The second-order valence-electron chi connectivity index (χ2n) is 8.52. The van der Waals surface area contributed by atoms with Crippen molar-refractivity contribution in [3.8, 4) is 11.6 Å². The highest BCUT2D eigenvalue weighted by molar-refractivity contribution is 6.30. The number of aromatic nitrogens is 4. The lowest BCUT2D eigenvalue weighted by Gasteiger charge is -2.40. The Bertz CT molecular complexity index is 1530. The molecule has 10 heteroatoms. The van der Waals surface area contributed by atoms with Gasteiger partial charge in [-0.25, -0.2) is 14.2 Å². The van der Waals surface area contributed by atoms with Gasteiger partial charge in [0.2, 0.25) is 11.8 Å². The number of hydrogen-bond donors (Lipinski definition) is 1. The molecule has 1 atom stereocenters. The summed E-state index contributed by atoms with van der Waals surface area (Å²) in [4.78, 5) is 22.0. The molecule has 2 amide bonds. The van der Waals surface area contributed by atoms with Crippen molar-refractivity contribution in [2.45, 2.75) is 13.0 Å². The standard InChI is InChI=1S/C25H22ClN7O2/c1-16-15-31(11-12-32(16)25(34)27-18-7-4-6-17(26)14-18)24-28-20-9-3-2-8-19(20)22-29-30-23(33(22)24)21-10-5-13-35-21/h2-10,13-14,16H,11-12,15H2,1H3,(H,27,34). The van der Waals surface area contributed by atoms with Gasteiger partial charge in [-0.2, -0.15) is 0 Å². The molecule has 1 N–H and O–H groups in total. The fourth-order valence-corrected chi connectivity index (χ4v) is 4.74. The molecule has 1 saturated heterocycles. The third-order valence-electron chi connectivity index (χ3n) is 6.22. The Kier molecular flexibility index (Phi) is 5.26. The minimum absolute atomic E-state index is 0.0604. The molecule has 0 saturated carbocycles. The number of halogens is 1. The van der Waals surface area contributed by atoms with E-state index in [1.807, 2.05) is 64.8 Å². The van der Waals surface area contributed by atoms with Crippen LogP contribution in [0.3, 0.4) is 0 Å². The number of fused-ring (bicyclic) bond motifs is 3. The molecule has 0 spiro atoms. The molecule has 2 aromatic carbocycles. The normalized spacial score (nSPS) is 16.2. The van der Waals surface area contributed by atoms with Gasteiger partial charge in [0.1, 0.15) is 0 Å². The largest absolute Gasteiger partial charge is 0.461 e. The molecular weight excluding hydrogens is 466 g/mol. The quantitative estimate of drug-likeness (QED) is 0.388. The lowest BCUT2D eigenvalue weighted by molar-refractivity contribution is 0.184. The van der Waals surface area contributed by atoms with Gasteiger partial charge in [-0.15, -0.1) is 10.2 Å². The molecule has 4 heterocycles. The molecule has 5 aromatic rings. The van der Waals surface area contributed by atoms with Crippen molar-refractivity contribution in [2.75, 3.05) is 29.9 Å². The van der Waals surface area contributed by atoms with Gasteiger partial charge in [-0.05, 0) is 49.4 Å². The Morgan fingerprint density at radius 2 is 1.97 bits per heavy atom. The van der Waals surface area contributed by atoms with Crippen LogP contribution in [0.1, 0.15) is 6.92 Å². The first-order valence-electron chi connectivity index (χ1n) is 11.3. The van der Waals surface area contributed by atoms with E-state index >= 15 is 0 Å². The van der Waals surface area contributed by atoms with E-state index in [-0.39, 0.29) is 12.1 Å². The number of para-hydroxylation sites is 1. The molecule has 3 aromatic heterocycles. The molecule has 1 unspecified atom stereocenters. The van der Waals surface area contributed by atoms with Crippen molar-refractivity contribution in [1.82, 2.24) is 24.5 Å². The maximum Gasteiger partial charge on any atom is 0.322 e.